The molecule has 1 aliphatic rings. The van der Waals surface area contributed by atoms with Gasteiger partial charge in [-0.25, -0.2) is 4.79 Å². The van der Waals surface area contributed by atoms with Crippen LogP contribution in [0.25, 0.3) is 11.0 Å². The van der Waals surface area contributed by atoms with E-state index in [9.17, 15) is 4.79 Å². The molecule has 5 nitrogen and oxygen atoms in total. The number of rotatable bonds is 5. The van der Waals surface area contributed by atoms with Crippen LogP contribution in [0.15, 0.2) is 45.6 Å². The molecule has 0 aliphatic carbocycles. The highest BCUT2D eigenvalue weighted by Gasteiger charge is 2.22. The van der Waals surface area contributed by atoms with Gasteiger partial charge in [0.05, 0.1) is 7.11 Å². The van der Waals surface area contributed by atoms with Crippen molar-refractivity contribution < 1.29 is 13.9 Å². The first-order chi connectivity index (χ1) is 13.6. The van der Waals surface area contributed by atoms with Gasteiger partial charge in [0.2, 0.25) is 0 Å². The monoisotopic (exact) mass is 379 g/mol. The third kappa shape index (κ3) is 3.50. The summed E-state index contributed by atoms with van der Waals surface area (Å²) in [5.74, 6) is 1.73. The fourth-order valence-corrected chi connectivity index (χ4v) is 3.85. The first-order valence-corrected chi connectivity index (χ1v) is 9.66. The molecule has 0 atom stereocenters. The summed E-state index contributed by atoms with van der Waals surface area (Å²) < 4.78 is 16.8. The molecular weight excluding hydrogens is 354 g/mol. The minimum atomic E-state index is -0.302. The second kappa shape index (κ2) is 7.68. The number of hydrogen-bond acceptors (Lipinski definition) is 5. The molecule has 0 N–H and O–H groups in total. The van der Waals surface area contributed by atoms with E-state index in [1.54, 1.807) is 13.2 Å². The van der Waals surface area contributed by atoms with E-state index in [0.717, 1.165) is 59.5 Å². The van der Waals surface area contributed by atoms with Crippen LogP contribution >= 0.6 is 0 Å². The van der Waals surface area contributed by atoms with Gasteiger partial charge in [-0.15, -0.1) is 0 Å². The molecule has 0 bridgehead atoms. The molecule has 0 spiro atoms. The van der Waals surface area contributed by atoms with Gasteiger partial charge in [0.1, 0.15) is 23.8 Å². The van der Waals surface area contributed by atoms with Gasteiger partial charge in [0.15, 0.2) is 0 Å². The largest absolute Gasteiger partial charge is 0.497 e. The second-order valence-corrected chi connectivity index (χ2v) is 7.23. The van der Waals surface area contributed by atoms with E-state index in [4.69, 9.17) is 13.9 Å². The molecule has 3 aromatic rings. The molecule has 0 amide bonds. The van der Waals surface area contributed by atoms with Gasteiger partial charge in [-0.2, -0.15) is 0 Å². The predicted octanol–water partition coefficient (Wildman–Crippen LogP) is 4.07. The van der Waals surface area contributed by atoms with Crippen LogP contribution in [-0.2, 0) is 19.4 Å². The Hall–Kier alpha value is -2.79. The molecule has 146 valence electrons. The summed E-state index contributed by atoms with van der Waals surface area (Å²) in [4.78, 5) is 14.2. The lowest BCUT2D eigenvalue weighted by molar-refractivity contribution is 0.0959. The molecule has 1 aliphatic heterocycles. The van der Waals surface area contributed by atoms with Gasteiger partial charge in [-0.3, -0.25) is 4.90 Å². The molecule has 2 aromatic carbocycles. The molecule has 4 rings (SSSR count). The van der Waals surface area contributed by atoms with Crippen molar-refractivity contribution in [1.82, 2.24) is 4.90 Å². The SMILES string of the molecule is CCc1cc(=O)oc2c(C)c3c(cc12)CN(CCc1ccc(OC)cc1)CO3. The van der Waals surface area contributed by atoms with Crippen LogP contribution in [-0.4, -0.2) is 25.3 Å². The van der Waals surface area contributed by atoms with E-state index in [2.05, 4.69) is 30.0 Å². The number of fused-ring (bicyclic) bond motifs is 2. The molecule has 0 unspecified atom stereocenters. The zero-order valence-electron chi connectivity index (χ0n) is 16.6. The Balaban J connectivity index is 1.56. The average Bonchev–Trinajstić information content (AvgIpc) is 2.72. The smallest absolute Gasteiger partial charge is 0.336 e. The summed E-state index contributed by atoms with van der Waals surface area (Å²) in [7, 11) is 1.68. The Kier molecular flexibility index (Phi) is 5.09. The lowest BCUT2D eigenvalue weighted by Crippen LogP contribution is -2.34. The van der Waals surface area contributed by atoms with Gasteiger partial charge in [0.25, 0.3) is 0 Å². The van der Waals surface area contributed by atoms with Crippen molar-refractivity contribution in [2.75, 3.05) is 20.4 Å². The summed E-state index contributed by atoms with van der Waals surface area (Å²) in [5.41, 5.74) is 4.70. The van der Waals surface area contributed by atoms with Crippen LogP contribution in [0.2, 0.25) is 0 Å². The molecule has 28 heavy (non-hydrogen) atoms. The van der Waals surface area contributed by atoms with Crippen LogP contribution in [0.5, 0.6) is 11.5 Å². The van der Waals surface area contributed by atoms with E-state index in [0.29, 0.717) is 12.3 Å². The van der Waals surface area contributed by atoms with Crippen LogP contribution in [0, 0.1) is 6.92 Å². The van der Waals surface area contributed by atoms with Gasteiger partial charge in [-0.1, -0.05) is 19.1 Å². The molecule has 1 aromatic heterocycles. The lowest BCUT2D eigenvalue weighted by Gasteiger charge is -2.30. The third-order valence-electron chi connectivity index (χ3n) is 5.42. The average molecular weight is 379 g/mol. The first-order valence-electron chi connectivity index (χ1n) is 9.66. The quantitative estimate of drug-likeness (QED) is 0.626. The summed E-state index contributed by atoms with van der Waals surface area (Å²) >= 11 is 0. The van der Waals surface area contributed by atoms with Crippen molar-refractivity contribution in [2.45, 2.75) is 33.2 Å². The van der Waals surface area contributed by atoms with Crippen molar-refractivity contribution in [1.29, 1.82) is 0 Å². The zero-order valence-corrected chi connectivity index (χ0v) is 16.6. The van der Waals surface area contributed by atoms with E-state index in [-0.39, 0.29) is 5.63 Å². The molecule has 0 saturated heterocycles. The number of methoxy groups -OCH3 is 1. The molecular formula is C23H25NO4. The van der Waals surface area contributed by atoms with Gasteiger partial charge in [-0.05, 0) is 49.1 Å². The normalized spacial score (nSPS) is 14.0. The number of nitrogens with zero attached hydrogens (tertiary/aromatic N) is 1. The fraction of sp³-hybridized carbons (Fsp3) is 0.348. The van der Waals surface area contributed by atoms with Crippen molar-refractivity contribution >= 4 is 11.0 Å². The topological polar surface area (TPSA) is 51.9 Å². The Morgan fingerprint density at radius 1 is 1.18 bits per heavy atom. The first kappa shape index (κ1) is 18.6. The zero-order chi connectivity index (χ0) is 19.7. The van der Waals surface area contributed by atoms with Crippen LogP contribution < -0.4 is 15.1 Å². The Morgan fingerprint density at radius 2 is 1.96 bits per heavy atom. The highest BCUT2D eigenvalue weighted by molar-refractivity contribution is 5.86. The minimum absolute atomic E-state index is 0.302. The standard InChI is InChI=1S/C23H25NO4/c1-4-17-12-21(25)28-23-15(2)22-18(11-20(17)23)13-24(14-27-22)10-9-16-5-7-19(26-3)8-6-16/h5-8,11-12H,4,9-10,13-14H2,1-3H3. The van der Waals surface area contributed by atoms with Gasteiger partial charge < -0.3 is 13.9 Å². The highest BCUT2D eigenvalue weighted by atomic mass is 16.5. The van der Waals surface area contributed by atoms with E-state index >= 15 is 0 Å². The third-order valence-corrected chi connectivity index (χ3v) is 5.42. The minimum Gasteiger partial charge on any atom is -0.497 e. The van der Waals surface area contributed by atoms with Crippen molar-refractivity contribution in [3.05, 3.63) is 69.1 Å². The maximum absolute atomic E-state index is 11.9. The molecule has 5 heteroatoms. The van der Waals surface area contributed by atoms with Gasteiger partial charge >= 0.3 is 5.63 Å². The van der Waals surface area contributed by atoms with Crippen molar-refractivity contribution in [3.63, 3.8) is 0 Å². The van der Waals surface area contributed by atoms with Crippen LogP contribution in [0.3, 0.4) is 0 Å². The summed E-state index contributed by atoms with van der Waals surface area (Å²) in [6.45, 7) is 6.29. The van der Waals surface area contributed by atoms with E-state index in [1.807, 2.05) is 19.1 Å². The Bertz CT molecular complexity index is 1050. The lowest BCUT2D eigenvalue weighted by atomic mass is 9.99. The molecule has 0 radical (unpaired) electrons. The Morgan fingerprint density at radius 3 is 2.68 bits per heavy atom. The van der Waals surface area contributed by atoms with E-state index in [1.165, 1.54) is 5.56 Å². The number of benzene rings is 2. The van der Waals surface area contributed by atoms with Crippen LogP contribution in [0.4, 0.5) is 0 Å². The fourth-order valence-electron chi connectivity index (χ4n) is 3.85. The molecule has 0 fully saturated rings. The summed E-state index contributed by atoms with van der Waals surface area (Å²) in [6, 6.07) is 11.9. The molecule has 0 saturated carbocycles. The summed E-state index contributed by atoms with van der Waals surface area (Å²) in [5, 5.41) is 1.01. The highest BCUT2D eigenvalue weighted by Crippen LogP contribution is 2.35. The number of aryl methyl sites for hydroxylation is 2. The number of hydrogen-bond donors (Lipinski definition) is 0. The Labute approximate surface area is 164 Å². The van der Waals surface area contributed by atoms with Crippen molar-refractivity contribution in [2.24, 2.45) is 0 Å². The maximum Gasteiger partial charge on any atom is 0.336 e. The van der Waals surface area contributed by atoms with Crippen LogP contribution in [0.1, 0.15) is 29.2 Å². The second-order valence-electron chi connectivity index (χ2n) is 7.23. The van der Waals surface area contributed by atoms with Crippen molar-refractivity contribution in [3.8, 4) is 11.5 Å². The van der Waals surface area contributed by atoms with E-state index < -0.39 is 0 Å². The van der Waals surface area contributed by atoms with Gasteiger partial charge in [0, 0.05) is 35.7 Å². The predicted molar refractivity (Wildman–Crippen MR) is 109 cm³/mol. The number of ether oxygens (including phenoxy) is 2. The molecule has 2 heterocycles. The maximum atomic E-state index is 11.9. The summed E-state index contributed by atoms with van der Waals surface area (Å²) in [6.07, 6.45) is 1.74.